The number of carbonyl (C=O) groups is 2. The van der Waals surface area contributed by atoms with Gasteiger partial charge in [-0.05, 0) is 0 Å². The van der Waals surface area contributed by atoms with Crippen LogP contribution >= 0.6 is 0 Å². The summed E-state index contributed by atoms with van der Waals surface area (Å²) >= 11 is 0. The molecule has 0 amide bonds. The van der Waals surface area contributed by atoms with Gasteiger partial charge in [-0.15, -0.1) is 0 Å². The molecule has 10 saturated heterocycles. The van der Waals surface area contributed by atoms with Crippen molar-refractivity contribution in [1.29, 1.82) is 0 Å². The van der Waals surface area contributed by atoms with Gasteiger partial charge in [0.25, 0.3) is 0 Å². The van der Waals surface area contributed by atoms with Crippen LogP contribution in [0.15, 0.2) is 48.5 Å². The fourth-order valence-corrected chi connectivity index (χ4v) is 94.8. The molecule has 0 N–H and O–H groups in total. The number of halogens is 2. The quantitative estimate of drug-likeness (QED) is 0.430. The maximum atomic E-state index is 14.8. The normalized spacial score (nSPS) is 76.9. The molecular weight excluding hydrogens is 414 g/mol. The molecule has 0 saturated carbocycles. The van der Waals surface area contributed by atoms with Crippen LogP contribution in [0.4, 0.5) is 8.78 Å². The summed E-state index contributed by atoms with van der Waals surface area (Å²) in [7, 11) is 0. The van der Waals surface area contributed by atoms with E-state index in [0.29, 0.717) is 38.5 Å². The Morgan fingerprint density at radius 1 is 0.655 bits per heavy atom. The van der Waals surface area contributed by atoms with Gasteiger partial charge < -0.3 is 0 Å². The molecule has 29 heavy (non-hydrogen) atoms. The Hall–Kier alpha value is -1.84. The van der Waals surface area contributed by atoms with Crippen molar-refractivity contribution in [3.63, 3.8) is 0 Å². The number of hydrogen-bond donors (Lipinski definition) is 0. The van der Waals surface area contributed by atoms with Crippen molar-refractivity contribution in [2.24, 2.45) is 0 Å². The maximum absolute atomic E-state index is 14.8. The van der Waals surface area contributed by atoms with Gasteiger partial charge in [0.15, 0.2) is 0 Å². The molecule has 10 fully saturated rings. The van der Waals surface area contributed by atoms with Crippen LogP contribution in [0.2, 0.25) is 47.2 Å². The first-order chi connectivity index (χ1) is 13.8. The van der Waals surface area contributed by atoms with Crippen LogP contribution in [0.5, 0.6) is 0 Å². The van der Waals surface area contributed by atoms with E-state index in [4.69, 9.17) is 0 Å². The Bertz CT molecular complexity index is 1650. The Labute approximate surface area is 155 Å². The topological polar surface area (TPSA) is 34.1 Å². The van der Waals surface area contributed by atoms with Crippen molar-refractivity contribution in [2.75, 3.05) is 0 Å². The predicted octanol–water partition coefficient (Wildman–Crippen LogP) is 6.16. The third-order valence-electron chi connectivity index (χ3n) is 17.8. The number of carbonyl (C=O) groups excluding carboxylic acids is 2. The number of benzene rings is 2. The molecule has 2 nitrogen and oxygen atoms in total. The molecule has 2 aromatic rings. The van der Waals surface area contributed by atoms with Crippen LogP contribution in [0, 0.1) is 11.6 Å². The van der Waals surface area contributed by atoms with Crippen molar-refractivity contribution in [3.05, 3.63) is 71.3 Å². The van der Waals surface area contributed by atoms with Gasteiger partial charge in [0, 0.05) is 0 Å². The van der Waals surface area contributed by atoms with Gasteiger partial charge in [0.05, 0.1) is 0 Å². The fraction of sp³-hybridized carbons (Fsp3) is 0.417. The average Bonchev–Trinajstić information content (AvgIpc) is 3.67. The molecule has 146 valence electrons. The van der Waals surface area contributed by atoms with Gasteiger partial charge in [-0.25, -0.2) is 0 Å². The van der Waals surface area contributed by atoms with Crippen molar-refractivity contribution < 1.29 is 24.9 Å². The van der Waals surface area contributed by atoms with Gasteiger partial charge >= 0.3 is 155 Å². The van der Waals surface area contributed by atoms with Crippen LogP contribution in [0.1, 0.15) is 20.7 Å². The van der Waals surface area contributed by atoms with E-state index in [1.807, 2.05) is 0 Å². The van der Waals surface area contributed by atoms with Crippen molar-refractivity contribution in [1.82, 2.24) is 0 Å². The number of ketones is 2. The first-order valence-electron chi connectivity index (χ1n) is 10.6. The average molecular weight is 430 g/mol. The summed E-state index contributed by atoms with van der Waals surface area (Å²) in [5, 5.41) is 0. The number of Topliss-reactive ketones (excluding diaryl/α,β-unsaturated/α-hetero) is 2. The summed E-state index contributed by atoms with van der Waals surface area (Å²) < 4.78 is 28.4. The van der Waals surface area contributed by atoms with Crippen molar-refractivity contribution in [2.45, 2.75) is 47.2 Å². The summed E-state index contributed by atoms with van der Waals surface area (Å²) in [5.74, 6) is -0.993. The van der Waals surface area contributed by atoms with E-state index >= 15 is 0 Å². The number of hydrogen-bond acceptors (Lipinski definition) is 2. The Morgan fingerprint density at radius 3 is 1.34 bits per heavy atom. The van der Waals surface area contributed by atoms with E-state index in [-0.39, 0.29) is 22.7 Å². The zero-order chi connectivity index (χ0) is 19.1. The molecule has 0 aliphatic carbocycles. The van der Waals surface area contributed by atoms with Crippen LogP contribution in [0.25, 0.3) is 0 Å². The van der Waals surface area contributed by atoms with Gasteiger partial charge in [0.2, 0.25) is 0 Å². The zero-order valence-electron chi connectivity index (χ0n) is 15.2. The summed E-state index contributed by atoms with van der Waals surface area (Å²) in [6.45, 7) is -4.49. The van der Waals surface area contributed by atoms with E-state index in [1.54, 1.807) is 36.4 Å². The molecule has 2 aromatic carbocycles. The van der Waals surface area contributed by atoms with E-state index in [2.05, 4.69) is 0 Å². The summed E-state index contributed by atoms with van der Waals surface area (Å²) in [4.78, 5) is 33.5. The molecule has 4 atom stereocenters. The van der Waals surface area contributed by atoms with Crippen LogP contribution in [-0.4, -0.2) is 11.6 Å². The monoisotopic (exact) mass is 430 g/mol. The molecule has 0 radical (unpaired) electrons. The number of fused-ring (bicyclic) bond motifs is 10. The van der Waals surface area contributed by atoms with Gasteiger partial charge in [-0.2, -0.15) is 0 Å². The predicted molar refractivity (Wildman–Crippen MR) is 96.8 cm³/mol. The van der Waals surface area contributed by atoms with E-state index in [0.717, 1.165) is 0 Å². The van der Waals surface area contributed by atoms with Gasteiger partial charge in [0.1, 0.15) is 0 Å². The standard InChI is InChI=1S/C19H11F2O2.C5H5.Fe/c20-16-10-3-1-6-14(16)18(22)12-8-5-9-13(12)19(23)15-7-2-4-11-17(15)21;1-2-4-5-3-1;/h1-11H;1-5H;. The van der Waals surface area contributed by atoms with Crippen molar-refractivity contribution >= 4 is 11.6 Å². The Balaban J connectivity index is 1.26. The van der Waals surface area contributed by atoms with E-state index < -0.39 is 26.8 Å². The number of rotatable bonds is 4. The van der Waals surface area contributed by atoms with Crippen LogP contribution in [-0.2, 0) is 6.51 Å². The molecule has 0 aromatic heterocycles. The third-order valence-corrected chi connectivity index (χ3v) is 60.4. The summed E-state index contributed by atoms with van der Waals surface area (Å²) in [6, 6.07) is 12.7. The summed E-state index contributed by atoms with van der Waals surface area (Å²) in [6.07, 6.45) is 0. The molecule has 4 unspecified atom stereocenters. The minimum absolute atomic E-state index is 0.0400. The van der Waals surface area contributed by atoms with E-state index in [1.165, 1.54) is 12.1 Å². The van der Waals surface area contributed by atoms with Gasteiger partial charge in [-0.1, -0.05) is 0 Å². The molecule has 10 aliphatic heterocycles. The second-order valence-corrected chi connectivity index (χ2v) is 36.6. The fourth-order valence-electron chi connectivity index (χ4n) is 19.5. The molecule has 1 spiro atoms. The van der Waals surface area contributed by atoms with Crippen LogP contribution in [0.3, 0.4) is 0 Å². The molecule has 5 heteroatoms. The van der Waals surface area contributed by atoms with Crippen molar-refractivity contribution in [3.8, 4) is 0 Å². The van der Waals surface area contributed by atoms with Crippen LogP contribution < -0.4 is 0 Å². The SMILES string of the molecule is O=C(c1ccccc1F)[C]12[CH]3[CH]4[CH]5[C]1(C(=O)c1ccccc1F)[Fe]43521678[CH]2[CH]1[CH]6[CH]7[CH]28. The second-order valence-electron chi connectivity index (χ2n) is 13.4. The van der Waals surface area contributed by atoms with E-state index in [9.17, 15) is 18.4 Å². The Morgan fingerprint density at radius 2 is 1.03 bits per heavy atom. The Kier molecular flexibility index (Phi) is 0.659. The second kappa shape index (κ2) is 1.50. The first kappa shape index (κ1) is 12.8. The molecule has 0 bridgehead atoms. The molecule has 12 rings (SSSR count). The van der Waals surface area contributed by atoms with Gasteiger partial charge in [-0.3, -0.25) is 0 Å². The first-order valence-corrected chi connectivity index (χ1v) is 16.8. The molecular formula is C24H16F2FeO2. The third kappa shape index (κ3) is 0.214. The summed E-state index contributed by atoms with van der Waals surface area (Å²) in [5.41, 5.74) is 0.391. The molecule has 10 heterocycles. The zero-order valence-corrected chi connectivity index (χ0v) is 16.3. The molecule has 10 aliphatic rings. The minimum atomic E-state index is -4.49.